The molecule has 1 rings (SSSR count). The van der Waals surface area contributed by atoms with Crippen LogP contribution in [0.1, 0.15) is 6.42 Å². The van der Waals surface area contributed by atoms with Gasteiger partial charge in [-0.25, -0.2) is 14.0 Å². The molecule has 0 aliphatic carbocycles. The molecule has 2 amide bonds. The second-order valence-electron chi connectivity index (χ2n) is 3.94. The molecule has 0 spiro atoms. The van der Waals surface area contributed by atoms with Crippen molar-refractivity contribution >= 4 is 23.4 Å². The van der Waals surface area contributed by atoms with E-state index < -0.39 is 34.5 Å². The van der Waals surface area contributed by atoms with Crippen LogP contribution in [0.15, 0.2) is 18.2 Å². The molecule has 0 saturated heterocycles. The third-order valence-electron chi connectivity index (χ3n) is 2.40. The van der Waals surface area contributed by atoms with E-state index in [2.05, 4.69) is 10.6 Å². The van der Waals surface area contributed by atoms with Gasteiger partial charge in [-0.1, -0.05) is 0 Å². The molecule has 1 atom stereocenters. The van der Waals surface area contributed by atoms with Crippen molar-refractivity contribution in [3.8, 4) is 0 Å². The van der Waals surface area contributed by atoms with Gasteiger partial charge in [0.05, 0.1) is 16.7 Å². The number of nitrogens with one attached hydrogen (secondary N) is 2. The van der Waals surface area contributed by atoms with E-state index in [-0.39, 0.29) is 18.7 Å². The summed E-state index contributed by atoms with van der Waals surface area (Å²) < 4.78 is 13.5. The molecule has 0 unspecified atom stereocenters. The number of carboxylic acid groups (broad SMARTS) is 1. The monoisotopic (exact) mass is 301 g/mol. The van der Waals surface area contributed by atoms with Crippen LogP contribution in [0, 0.1) is 15.9 Å². The van der Waals surface area contributed by atoms with Crippen molar-refractivity contribution in [3.05, 3.63) is 34.1 Å². The Morgan fingerprint density at radius 1 is 1.43 bits per heavy atom. The number of nitro benzene ring substituents is 1. The largest absolute Gasteiger partial charge is 0.479 e. The number of rotatable bonds is 6. The summed E-state index contributed by atoms with van der Waals surface area (Å²) in [6.07, 6.45) is -1.83. The maximum Gasteiger partial charge on any atom is 0.332 e. The van der Waals surface area contributed by atoms with Crippen LogP contribution in [0.5, 0.6) is 0 Å². The lowest BCUT2D eigenvalue weighted by molar-refractivity contribution is -0.385. The predicted molar refractivity (Wildman–Crippen MR) is 68.3 cm³/mol. The lowest BCUT2D eigenvalue weighted by Crippen LogP contribution is -2.33. The Morgan fingerprint density at radius 3 is 2.62 bits per heavy atom. The number of urea groups is 1. The van der Waals surface area contributed by atoms with Crippen molar-refractivity contribution < 1.29 is 29.1 Å². The van der Waals surface area contributed by atoms with Gasteiger partial charge < -0.3 is 20.8 Å². The van der Waals surface area contributed by atoms with Gasteiger partial charge in [-0.15, -0.1) is 0 Å². The fourth-order valence-electron chi connectivity index (χ4n) is 1.33. The van der Waals surface area contributed by atoms with Gasteiger partial charge in [-0.2, -0.15) is 0 Å². The number of carbonyl (C=O) groups excluding carboxylic acids is 1. The number of carboxylic acids is 1. The number of anilines is 1. The summed E-state index contributed by atoms with van der Waals surface area (Å²) in [5.74, 6) is -2.40. The lowest BCUT2D eigenvalue weighted by Gasteiger charge is -2.09. The fourth-order valence-corrected chi connectivity index (χ4v) is 1.33. The van der Waals surface area contributed by atoms with Crippen molar-refractivity contribution in [2.45, 2.75) is 12.5 Å². The van der Waals surface area contributed by atoms with Gasteiger partial charge in [0.25, 0.3) is 5.69 Å². The average molecular weight is 301 g/mol. The second kappa shape index (κ2) is 7.14. The molecule has 0 bridgehead atoms. The van der Waals surface area contributed by atoms with Crippen LogP contribution in [0.4, 0.5) is 20.6 Å². The number of aliphatic hydroxyl groups excluding tert-OH is 1. The summed E-state index contributed by atoms with van der Waals surface area (Å²) in [6, 6.07) is 1.87. The minimum absolute atomic E-state index is 0.145. The summed E-state index contributed by atoms with van der Waals surface area (Å²) in [7, 11) is 0. The molecule has 1 aromatic rings. The molecule has 0 aliphatic rings. The maximum atomic E-state index is 13.5. The molecule has 1 aromatic carbocycles. The quantitative estimate of drug-likeness (QED) is 0.450. The van der Waals surface area contributed by atoms with Gasteiger partial charge in [-0.3, -0.25) is 10.1 Å². The number of amides is 2. The minimum atomic E-state index is -1.61. The normalized spacial score (nSPS) is 11.5. The van der Waals surface area contributed by atoms with Crippen LogP contribution in [-0.4, -0.2) is 39.8 Å². The Kier molecular flexibility index (Phi) is 5.55. The number of non-ortho nitro benzene ring substituents is 1. The van der Waals surface area contributed by atoms with Crippen molar-refractivity contribution in [1.29, 1.82) is 0 Å². The van der Waals surface area contributed by atoms with Crippen LogP contribution < -0.4 is 10.6 Å². The first-order valence-corrected chi connectivity index (χ1v) is 5.71. The molecule has 0 heterocycles. The van der Waals surface area contributed by atoms with Crippen LogP contribution in [0.3, 0.4) is 0 Å². The van der Waals surface area contributed by atoms with E-state index in [1.807, 2.05) is 0 Å². The third kappa shape index (κ3) is 5.03. The first kappa shape index (κ1) is 16.3. The Morgan fingerprint density at radius 2 is 2.10 bits per heavy atom. The van der Waals surface area contributed by atoms with E-state index in [1.165, 1.54) is 0 Å². The molecule has 114 valence electrons. The number of benzene rings is 1. The molecular weight excluding hydrogens is 289 g/mol. The average Bonchev–Trinajstić information content (AvgIpc) is 2.40. The van der Waals surface area contributed by atoms with E-state index in [4.69, 9.17) is 10.2 Å². The number of nitrogens with zero attached hydrogens (tertiary/aromatic N) is 1. The van der Waals surface area contributed by atoms with Gasteiger partial charge in [0.1, 0.15) is 0 Å². The lowest BCUT2D eigenvalue weighted by atomic mass is 10.2. The summed E-state index contributed by atoms with van der Waals surface area (Å²) in [5, 5.41) is 32.1. The molecule has 0 fully saturated rings. The number of carbonyl (C=O) groups is 2. The summed E-state index contributed by atoms with van der Waals surface area (Å²) in [5.41, 5.74) is -0.722. The smallest absolute Gasteiger partial charge is 0.332 e. The topological polar surface area (TPSA) is 142 Å². The highest BCUT2D eigenvalue weighted by molar-refractivity contribution is 5.89. The highest BCUT2D eigenvalue weighted by atomic mass is 19.1. The summed E-state index contributed by atoms with van der Waals surface area (Å²) in [6.45, 7) is -0.145. The Balaban J connectivity index is 2.52. The van der Waals surface area contributed by atoms with Crippen LogP contribution in [0.2, 0.25) is 0 Å². The third-order valence-corrected chi connectivity index (χ3v) is 2.40. The predicted octanol–water partition coefficient (Wildman–Crippen LogP) is 0.691. The highest BCUT2D eigenvalue weighted by Crippen LogP contribution is 2.20. The molecule has 0 aromatic heterocycles. The minimum Gasteiger partial charge on any atom is -0.479 e. The molecule has 0 radical (unpaired) electrons. The highest BCUT2D eigenvalue weighted by Gasteiger charge is 2.14. The van der Waals surface area contributed by atoms with Crippen molar-refractivity contribution in [1.82, 2.24) is 5.32 Å². The van der Waals surface area contributed by atoms with Crippen LogP contribution >= 0.6 is 0 Å². The number of hydrogen-bond acceptors (Lipinski definition) is 5. The summed E-state index contributed by atoms with van der Waals surface area (Å²) >= 11 is 0. The molecule has 21 heavy (non-hydrogen) atoms. The standard InChI is InChI=1S/C11H12FN3O6/c12-7-5-6(15(20)21)1-2-8(7)14-11(19)13-4-3-9(16)10(17)18/h1-2,5,9,16H,3-4H2,(H,17,18)(H2,13,14,19)/t9-/m0/s1. The number of halogens is 1. The van der Waals surface area contributed by atoms with Gasteiger partial charge in [0.2, 0.25) is 0 Å². The van der Waals surface area contributed by atoms with Crippen LogP contribution in [-0.2, 0) is 4.79 Å². The Hall–Kier alpha value is -2.75. The fraction of sp³-hybridized carbons (Fsp3) is 0.273. The molecule has 4 N–H and O–H groups in total. The van der Waals surface area contributed by atoms with Crippen molar-refractivity contribution in [3.63, 3.8) is 0 Å². The summed E-state index contributed by atoms with van der Waals surface area (Å²) in [4.78, 5) is 31.3. The molecule has 0 saturated carbocycles. The van der Waals surface area contributed by atoms with Crippen molar-refractivity contribution in [2.24, 2.45) is 0 Å². The van der Waals surface area contributed by atoms with Gasteiger partial charge in [0, 0.05) is 19.0 Å². The van der Waals surface area contributed by atoms with E-state index in [1.54, 1.807) is 0 Å². The number of nitro groups is 1. The van der Waals surface area contributed by atoms with E-state index in [0.717, 1.165) is 12.1 Å². The van der Waals surface area contributed by atoms with Gasteiger partial charge in [-0.05, 0) is 6.07 Å². The number of aliphatic hydroxyl groups is 1. The maximum absolute atomic E-state index is 13.5. The van der Waals surface area contributed by atoms with E-state index in [9.17, 15) is 24.1 Å². The zero-order chi connectivity index (χ0) is 16.0. The Bertz CT molecular complexity index is 565. The molecule has 0 aliphatic heterocycles. The molecule has 10 heteroatoms. The van der Waals surface area contributed by atoms with Gasteiger partial charge in [0.15, 0.2) is 11.9 Å². The van der Waals surface area contributed by atoms with Crippen LogP contribution in [0.25, 0.3) is 0 Å². The first-order chi connectivity index (χ1) is 9.81. The Labute approximate surface area is 117 Å². The molecule has 9 nitrogen and oxygen atoms in total. The number of hydrogen-bond donors (Lipinski definition) is 4. The zero-order valence-corrected chi connectivity index (χ0v) is 10.6. The number of aliphatic carboxylic acids is 1. The van der Waals surface area contributed by atoms with Gasteiger partial charge >= 0.3 is 12.0 Å². The van der Waals surface area contributed by atoms with Crippen molar-refractivity contribution in [2.75, 3.05) is 11.9 Å². The molecular formula is C11H12FN3O6. The van der Waals surface area contributed by atoms with E-state index >= 15 is 0 Å². The first-order valence-electron chi connectivity index (χ1n) is 5.71. The zero-order valence-electron chi connectivity index (χ0n) is 10.6. The SMILES string of the molecule is O=C(NCC[C@H](O)C(=O)O)Nc1ccc([N+](=O)[O-])cc1F. The second-order valence-corrected chi connectivity index (χ2v) is 3.94. The van der Waals surface area contributed by atoms with E-state index in [0.29, 0.717) is 6.07 Å².